The van der Waals surface area contributed by atoms with Crippen molar-refractivity contribution < 1.29 is 27.4 Å². The van der Waals surface area contributed by atoms with Gasteiger partial charge in [-0.15, -0.1) is 11.6 Å². The normalized spacial score (nSPS) is 19.3. The van der Waals surface area contributed by atoms with E-state index in [4.69, 9.17) is 21.1 Å². The van der Waals surface area contributed by atoms with Crippen LogP contribution in [0.15, 0.2) is 18.2 Å². The van der Waals surface area contributed by atoms with Gasteiger partial charge in [0.1, 0.15) is 11.1 Å². The van der Waals surface area contributed by atoms with Crippen LogP contribution in [0.1, 0.15) is 126 Å². The Bertz CT molecular complexity index is 756. The standard InChI is InChI=1S/C29H44ClF3O3/c1-2-3-4-5-6-10-13-16-21-35-28(23-34)27(30)25-22-24(18-19-26(25)36-28)17-14-11-8-7-9-12-15-20-29(31,32)33/h18-19,22-23,27H,2-17,20-21H2,1H3. The summed E-state index contributed by atoms with van der Waals surface area (Å²) in [6.07, 6.45) is 12.1. The van der Waals surface area contributed by atoms with Crippen LogP contribution in [0, 0.1) is 0 Å². The van der Waals surface area contributed by atoms with Gasteiger partial charge in [0, 0.05) is 12.0 Å². The number of aldehydes is 1. The average molecular weight is 533 g/mol. The number of carbonyl (C=O) groups excluding carboxylic acids is 1. The Morgan fingerprint density at radius 3 is 2.11 bits per heavy atom. The predicted molar refractivity (Wildman–Crippen MR) is 140 cm³/mol. The van der Waals surface area contributed by atoms with Gasteiger partial charge in [-0.05, 0) is 37.3 Å². The number of hydrogen-bond donors (Lipinski definition) is 0. The molecule has 0 amide bonds. The number of halogens is 4. The highest BCUT2D eigenvalue weighted by atomic mass is 35.5. The largest absolute Gasteiger partial charge is 0.453 e. The summed E-state index contributed by atoms with van der Waals surface area (Å²) in [5.41, 5.74) is 1.93. The molecule has 1 aromatic rings. The molecule has 1 aliphatic heterocycles. The maximum absolute atomic E-state index is 12.2. The Kier molecular flexibility index (Phi) is 14.2. The van der Waals surface area contributed by atoms with Crippen LogP contribution in [-0.2, 0) is 16.0 Å². The van der Waals surface area contributed by atoms with E-state index in [1.807, 2.05) is 18.2 Å². The van der Waals surface area contributed by atoms with E-state index in [9.17, 15) is 18.0 Å². The van der Waals surface area contributed by atoms with Crippen LogP contribution < -0.4 is 4.74 Å². The lowest BCUT2D eigenvalue weighted by atomic mass is 10.0. The number of hydrogen-bond acceptors (Lipinski definition) is 3. The molecule has 0 bridgehead atoms. The second-order valence-electron chi connectivity index (χ2n) is 10.1. The molecule has 1 aromatic carbocycles. The number of alkyl halides is 4. The van der Waals surface area contributed by atoms with Gasteiger partial charge in [0.25, 0.3) is 5.79 Å². The van der Waals surface area contributed by atoms with E-state index < -0.39 is 23.8 Å². The molecular formula is C29H44ClF3O3. The minimum absolute atomic E-state index is 0.228. The van der Waals surface area contributed by atoms with Crippen LogP contribution >= 0.6 is 11.6 Å². The van der Waals surface area contributed by atoms with Crippen molar-refractivity contribution in [2.45, 2.75) is 133 Å². The molecule has 2 atom stereocenters. The van der Waals surface area contributed by atoms with Crippen molar-refractivity contribution in [3.05, 3.63) is 29.3 Å². The molecule has 0 aliphatic carbocycles. The van der Waals surface area contributed by atoms with E-state index in [1.165, 1.54) is 38.5 Å². The molecule has 206 valence electrons. The number of unbranched alkanes of at least 4 members (excludes halogenated alkanes) is 13. The van der Waals surface area contributed by atoms with Gasteiger partial charge in [-0.2, -0.15) is 13.2 Å². The number of fused-ring (bicyclic) bond motifs is 1. The Balaban J connectivity index is 1.66. The smallest absolute Gasteiger partial charge is 0.389 e. The number of ether oxygens (including phenoxy) is 2. The Morgan fingerprint density at radius 1 is 0.917 bits per heavy atom. The third-order valence-electron chi connectivity index (χ3n) is 6.89. The molecule has 7 heteroatoms. The van der Waals surface area contributed by atoms with Crippen molar-refractivity contribution in [3.8, 4) is 5.75 Å². The quantitative estimate of drug-likeness (QED) is 0.0952. The van der Waals surface area contributed by atoms with Gasteiger partial charge in [-0.25, -0.2) is 0 Å². The van der Waals surface area contributed by atoms with Crippen molar-refractivity contribution in [3.63, 3.8) is 0 Å². The van der Waals surface area contributed by atoms with Gasteiger partial charge in [0.05, 0.1) is 6.61 Å². The van der Waals surface area contributed by atoms with E-state index in [2.05, 4.69) is 6.92 Å². The first kappa shape index (κ1) is 31.0. The minimum atomic E-state index is -4.03. The first-order chi connectivity index (χ1) is 17.3. The first-order valence-electron chi connectivity index (χ1n) is 13.9. The van der Waals surface area contributed by atoms with E-state index in [0.717, 1.165) is 62.5 Å². The molecule has 1 aliphatic rings. The van der Waals surface area contributed by atoms with Crippen LogP contribution in [0.5, 0.6) is 5.75 Å². The maximum Gasteiger partial charge on any atom is 0.389 e. The topological polar surface area (TPSA) is 35.5 Å². The minimum Gasteiger partial charge on any atom is -0.453 e. The summed E-state index contributed by atoms with van der Waals surface area (Å²) in [4.78, 5) is 12.0. The summed E-state index contributed by atoms with van der Waals surface area (Å²) < 4.78 is 48.3. The van der Waals surface area contributed by atoms with Crippen LogP contribution in [-0.4, -0.2) is 24.9 Å². The summed E-state index contributed by atoms with van der Waals surface area (Å²) in [5.74, 6) is -0.865. The number of rotatable bonds is 20. The lowest BCUT2D eigenvalue weighted by molar-refractivity contribution is -0.175. The molecular weight excluding hydrogens is 489 g/mol. The van der Waals surface area contributed by atoms with Crippen molar-refractivity contribution in [2.75, 3.05) is 6.61 Å². The maximum atomic E-state index is 12.2. The number of carbonyl (C=O) groups is 1. The van der Waals surface area contributed by atoms with Gasteiger partial charge in [-0.3, -0.25) is 4.79 Å². The summed E-state index contributed by atoms with van der Waals surface area (Å²) in [5, 5.41) is -0.685. The summed E-state index contributed by atoms with van der Waals surface area (Å²) >= 11 is 6.67. The van der Waals surface area contributed by atoms with Gasteiger partial charge < -0.3 is 9.47 Å². The second-order valence-corrected chi connectivity index (χ2v) is 10.5. The zero-order chi connectivity index (χ0) is 26.3. The number of benzene rings is 1. The SMILES string of the molecule is CCCCCCCCCCOC1(C=O)Oc2ccc(CCCCCCCCCC(F)(F)F)cc2C1Cl. The Morgan fingerprint density at radius 2 is 1.50 bits per heavy atom. The molecule has 0 N–H and O–H groups in total. The molecule has 2 unspecified atom stereocenters. The van der Waals surface area contributed by atoms with E-state index in [0.29, 0.717) is 25.1 Å². The highest BCUT2D eigenvalue weighted by Crippen LogP contribution is 2.47. The third kappa shape index (κ3) is 11.0. The van der Waals surface area contributed by atoms with Crippen molar-refractivity contribution in [1.29, 1.82) is 0 Å². The van der Waals surface area contributed by atoms with Crippen molar-refractivity contribution in [2.24, 2.45) is 0 Å². The molecule has 2 rings (SSSR count). The summed E-state index contributed by atoms with van der Waals surface area (Å²) in [7, 11) is 0. The second kappa shape index (κ2) is 16.5. The molecule has 36 heavy (non-hydrogen) atoms. The molecule has 0 fully saturated rings. The molecule has 0 saturated carbocycles. The van der Waals surface area contributed by atoms with Crippen LogP contribution in [0.2, 0.25) is 0 Å². The van der Waals surface area contributed by atoms with Crippen molar-refractivity contribution in [1.82, 2.24) is 0 Å². The van der Waals surface area contributed by atoms with Gasteiger partial charge in [0.15, 0.2) is 6.29 Å². The highest BCUT2D eigenvalue weighted by molar-refractivity contribution is 6.23. The van der Waals surface area contributed by atoms with Crippen LogP contribution in [0.25, 0.3) is 0 Å². The van der Waals surface area contributed by atoms with Crippen LogP contribution in [0.4, 0.5) is 13.2 Å². The Hall–Kier alpha value is -1.27. The fourth-order valence-corrected chi connectivity index (χ4v) is 5.04. The van der Waals surface area contributed by atoms with Gasteiger partial charge in [0.2, 0.25) is 0 Å². The zero-order valence-corrected chi connectivity index (χ0v) is 22.6. The fraction of sp³-hybridized carbons (Fsp3) is 0.759. The molecule has 0 aromatic heterocycles. The van der Waals surface area contributed by atoms with Gasteiger partial charge >= 0.3 is 6.18 Å². The van der Waals surface area contributed by atoms with Crippen molar-refractivity contribution >= 4 is 17.9 Å². The summed E-state index contributed by atoms with van der Waals surface area (Å²) in [6, 6.07) is 5.87. The van der Waals surface area contributed by atoms with E-state index in [1.54, 1.807) is 0 Å². The fourth-order valence-electron chi connectivity index (χ4n) is 4.71. The molecule has 0 radical (unpaired) electrons. The third-order valence-corrected chi connectivity index (χ3v) is 7.42. The highest BCUT2D eigenvalue weighted by Gasteiger charge is 2.49. The number of aryl methyl sites for hydroxylation is 1. The first-order valence-corrected chi connectivity index (χ1v) is 14.4. The average Bonchev–Trinajstić information content (AvgIpc) is 3.12. The van der Waals surface area contributed by atoms with Crippen LogP contribution in [0.3, 0.4) is 0 Å². The monoisotopic (exact) mass is 532 g/mol. The molecule has 1 heterocycles. The lowest BCUT2D eigenvalue weighted by Gasteiger charge is -2.25. The summed E-state index contributed by atoms with van der Waals surface area (Å²) in [6.45, 7) is 2.66. The molecule has 0 spiro atoms. The molecule has 3 nitrogen and oxygen atoms in total. The van der Waals surface area contributed by atoms with E-state index >= 15 is 0 Å². The predicted octanol–water partition coefficient (Wildman–Crippen LogP) is 9.64. The zero-order valence-electron chi connectivity index (χ0n) is 21.9. The van der Waals surface area contributed by atoms with E-state index in [-0.39, 0.29) is 6.42 Å². The van der Waals surface area contributed by atoms with Gasteiger partial charge in [-0.1, -0.05) is 96.1 Å². The molecule has 0 saturated heterocycles. The lowest BCUT2D eigenvalue weighted by Crippen LogP contribution is -2.41. The Labute approximate surface area is 220 Å².